The summed E-state index contributed by atoms with van der Waals surface area (Å²) in [6, 6.07) is 10.6. The number of carboxylic acids is 1. The van der Waals surface area contributed by atoms with E-state index in [0.29, 0.717) is 13.1 Å². The van der Waals surface area contributed by atoms with E-state index in [1.54, 1.807) is 48.9 Å². The summed E-state index contributed by atoms with van der Waals surface area (Å²) >= 11 is 0. The number of aromatic nitrogens is 1. The summed E-state index contributed by atoms with van der Waals surface area (Å²) in [7, 11) is -0.296. The van der Waals surface area contributed by atoms with Crippen LogP contribution in [0.5, 0.6) is 0 Å². The zero-order valence-electron chi connectivity index (χ0n) is 16.1. The van der Waals surface area contributed by atoms with Gasteiger partial charge >= 0.3 is 5.97 Å². The maximum Gasteiger partial charge on any atom is 0.335 e. The summed E-state index contributed by atoms with van der Waals surface area (Å²) in [5, 5.41) is 9.07. The van der Waals surface area contributed by atoms with Crippen LogP contribution < -0.4 is 0 Å². The highest BCUT2D eigenvalue weighted by molar-refractivity contribution is 7.86. The average Bonchev–Trinajstić information content (AvgIpc) is 2.68. The second-order valence-electron chi connectivity index (χ2n) is 7.25. The van der Waals surface area contributed by atoms with E-state index >= 15 is 0 Å². The Bertz CT molecular complexity index is 942. The molecule has 0 spiro atoms. The van der Waals surface area contributed by atoms with Crippen LogP contribution in [-0.4, -0.2) is 60.3 Å². The molecule has 7 nitrogen and oxygen atoms in total. The molecule has 1 N–H and O–H groups in total. The van der Waals surface area contributed by atoms with Gasteiger partial charge in [0.15, 0.2) is 0 Å². The Morgan fingerprint density at radius 3 is 2.61 bits per heavy atom. The maximum atomic E-state index is 12.5. The van der Waals surface area contributed by atoms with Crippen LogP contribution in [0.15, 0.2) is 42.6 Å². The van der Waals surface area contributed by atoms with Gasteiger partial charge in [0.1, 0.15) is 0 Å². The van der Waals surface area contributed by atoms with Crippen LogP contribution in [0.25, 0.3) is 11.3 Å². The number of piperidine rings is 1. The normalized spacial score (nSPS) is 18.3. The van der Waals surface area contributed by atoms with E-state index in [9.17, 15) is 13.2 Å². The van der Waals surface area contributed by atoms with Crippen molar-refractivity contribution in [2.24, 2.45) is 5.92 Å². The summed E-state index contributed by atoms with van der Waals surface area (Å²) in [5.41, 5.74) is 2.94. The molecule has 0 bridgehead atoms. The molecule has 0 unspecified atom stereocenters. The SMILES string of the molecule is CN(C)S(=O)(=O)N1CCC[C@H](Cc2cccnc2-c2ccc(C(=O)O)cc2)C1. The summed E-state index contributed by atoms with van der Waals surface area (Å²) in [5.74, 6) is -0.748. The quantitative estimate of drug-likeness (QED) is 0.800. The first kappa shape index (κ1) is 20.4. The summed E-state index contributed by atoms with van der Waals surface area (Å²) in [6.07, 6.45) is 4.24. The molecule has 8 heteroatoms. The molecule has 28 heavy (non-hydrogen) atoms. The lowest BCUT2D eigenvalue weighted by Crippen LogP contribution is -2.45. The van der Waals surface area contributed by atoms with Crippen LogP contribution in [0.3, 0.4) is 0 Å². The van der Waals surface area contributed by atoms with Gasteiger partial charge in [-0.1, -0.05) is 18.2 Å². The fourth-order valence-corrected chi connectivity index (χ4v) is 4.80. The number of pyridine rings is 1. The number of hydrogen-bond donors (Lipinski definition) is 1. The molecule has 3 rings (SSSR count). The molecule has 1 fully saturated rings. The van der Waals surface area contributed by atoms with E-state index in [-0.39, 0.29) is 11.5 Å². The highest BCUT2D eigenvalue weighted by atomic mass is 32.2. The lowest BCUT2D eigenvalue weighted by Gasteiger charge is -2.33. The summed E-state index contributed by atoms with van der Waals surface area (Å²) in [6.45, 7) is 1.04. The molecule has 1 aliphatic heterocycles. The van der Waals surface area contributed by atoms with Gasteiger partial charge in [0, 0.05) is 38.9 Å². The second-order valence-corrected chi connectivity index (χ2v) is 9.40. The van der Waals surface area contributed by atoms with Gasteiger partial charge in [0.2, 0.25) is 0 Å². The highest BCUT2D eigenvalue weighted by Crippen LogP contribution is 2.28. The predicted molar refractivity (Wildman–Crippen MR) is 107 cm³/mol. The number of carboxylic acid groups (broad SMARTS) is 1. The van der Waals surface area contributed by atoms with E-state index in [0.717, 1.165) is 36.1 Å². The van der Waals surface area contributed by atoms with Crippen LogP contribution >= 0.6 is 0 Å². The number of benzene rings is 1. The summed E-state index contributed by atoms with van der Waals surface area (Å²) < 4.78 is 27.7. The van der Waals surface area contributed by atoms with Crippen molar-refractivity contribution in [3.63, 3.8) is 0 Å². The molecule has 2 aromatic rings. The first-order valence-electron chi connectivity index (χ1n) is 9.24. The Balaban J connectivity index is 1.81. The molecule has 1 aliphatic rings. The van der Waals surface area contributed by atoms with E-state index in [2.05, 4.69) is 4.98 Å². The smallest absolute Gasteiger partial charge is 0.335 e. The molecule has 1 aromatic heterocycles. The molecule has 2 heterocycles. The van der Waals surface area contributed by atoms with Crippen LogP contribution in [0.1, 0.15) is 28.8 Å². The number of aromatic carboxylic acids is 1. The molecule has 0 saturated carbocycles. The first-order chi connectivity index (χ1) is 13.3. The Morgan fingerprint density at radius 1 is 1.25 bits per heavy atom. The van der Waals surface area contributed by atoms with E-state index in [4.69, 9.17) is 5.11 Å². The second kappa shape index (κ2) is 8.38. The largest absolute Gasteiger partial charge is 0.478 e. The van der Waals surface area contributed by atoms with Crippen molar-refractivity contribution in [1.82, 2.24) is 13.6 Å². The van der Waals surface area contributed by atoms with Crippen molar-refractivity contribution in [3.8, 4) is 11.3 Å². The van der Waals surface area contributed by atoms with Gasteiger partial charge in [-0.2, -0.15) is 17.0 Å². The van der Waals surface area contributed by atoms with E-state index in [1.165, 1.54) is 4.31 Å². The van der Waals surface area contributed by atoms with Gasteiger partial charge < -0.3 is 5.11 Å². The molecule has 1 atom stereocenters. The Labute approximate surface area is 165 Å². The number of rotatable bonds is 6. The zero-order chi connectivity index (χ0) is 20.3. The molecule has 1 aromatic carbocycles. The van der Waals surface area contributed by atoms with Crippen molar-refractivity contribution in [2.75, 3.05) is 27.2 Å². The third kappa shape index (κ3) is 4.40. The number of nitrogens with zero attached hydrogens (tertiary/aromatic N) is 3. The molecular weight excluding hydrogens is 378 g/mol. The van der Waals surface area contributed by atoms with E-state index in [1.807, 2.05) is 12.1 Å². The maximum absolute atomic E-state index is 12.5. The topological polar surface area (TPSA) is 90.8 Å². The van der Waals surface area contributed by atoms with Gasteiger partial charge in [-0.15, -0.1) is 0 Å². The average molecular weight is 404 g/mol. The predicted octanol–water partition coefficient (Wildman–Crippen LogP) is 2.51. The van der Waals surface area contributed by atoms with Gasteiger partial charge in [0.25, 0.3) is 10.2 Å². The van der Waals surface area contributed by atoms with Gasteiger partial charge in [0.05, 0.1) is 11.3 Å². The van der Waals surface area contributed by atoms with Crippen molar-refractivity contribution in [2.45, 2.75) is 19.3 Å². The minimum Gasteiger partial charge on any atom is -0.478 e. The lowest BCUT2D eigenvalue weighted by atomic mass is 9.90. The van der Waals surface area contributed by atoms with Crippen molar-refractivity contribution in [3.05, 3.63) is 53.7 Å². The van der Waals surface area contributed by atoms with Crippen LogP contribution in [-0.2, 0) is 16.6 Å². The minimum absolute atomic E-state index is 0.213. The first-order valence-corrected chi connectivity index (χ1v) is 10.6. The monoisotopic (exact) mass is 403 g/mol. The number of hydrogen-bond acceptors (Lipinski definition) is 4. The van der Waals surface area contributed by atoms with Crippen LogP contribution in [0.4, 0.5) is 0 Å². The molecule has 1 saturated heterocycles. The molecule has 0 amide bonds. The molecule has 0 aliphatic carbocycles. The third-order valence-corrected chi connectivity index (χ3v) is 6.98. The minimum atomic E-state index is -3.40. The Morgan fingerprint density at radius 2 is 1.96 bits per heavy atom. The van der Waals surface area contributed by atoms with Crippen molar-refractivity contribution >= 4 is 16.2 Å². The molecule has 150 valence electrons. The van der Waals surface area contributed by atoms with Crippen LogP contribution in [0.2, 0.25) is 0 Å². The molecule has 0 radical (unpaired) electrons. The van der Waals surface area contributed by atoms with Crippen molar-refractivity contribution < 1.29 is 18.3 Å². The third-order valence-electron chi connectivity index (χ3n) is 5.07. The van der Waals surface area contributed by atoms with Gasteiger partial charge in [-0.3, -0.25) is 4.98 Å². The lowest BCUT2D eigenvalue weighted by molar-refractivity contribution is 0.0697. The fourth-order valence-electron chi connectivity index (χ4n) is 3.58. The van der Waals surface area contributed by atoms with Crippen molar-refractivity contribution in [1.29, 1.82) is 0 Å². The molecular formula is C20H25N3O4S. The highest BCUT2D eigenvalue weighted by Gasteiger charge is 2.30. The summed E-state index contributed by atoms with van der Waals surface area (Å²) in [4.78, 5) is 15.6. The van der Waals surface area contributed by atoms with E-state index < -0.39 is 16.2 Å². The van der Waals surface area contributed by atoms with Crippen LogP contribution in [0, 0.1) is 5.92 Å². The Kier molecular flexibility index (Phi) is 6.12. The Hall–Kier alpha value is -2.29. The van der Waals surface area contributed by atoms with Gasteiger partial charge in [-0.05, 0) is 48.9 Å². The zero-order valence-corrected chi connectivity index (χ0v) is 16.9. The number of carbonyl (C=O) groups is 1. The fraction of sp³-hybridized carbons (Fsp3) is 0.400. The van der Waals surface area contributed by atoms with Gasteiger partial charge in [-0.25, -0.2) is 4.79 Å². The standard InChI is InChI=1S/C20H25N3O4S/c1-22(2)28(26,27)23-12-4-5-15(14-23)13-18-6-3-11-21-19(18)16-7-9-17(10-8-16)20(24)25/h3,6-11,15H,4-5,12-14H2,1-2H3,(H,24,25)/t15-/m1/s1.